The van der Waals surface area contributed by atoms with Crippen molar-refractivity contribution in [3.05, 3.63) is 185 Å². The van der Waals surface area contributed by atoms with Gasteiger partial charge in [0, 0.05) is 28.2 Å². The first-order valence-electron chi connectivity index (χ1n) is 20.0. The van der Waals surface area contributed by atoms with Gasteiger partial charge >= 0.3 is 0 Å². The van der Waals surface area contributed by atoms with E-state index >= 15 is 0 Å². The number of allylic oxidation sites excluding steroid dienone is 1. The van der Waals surface area contributed by atoms with E-state index in [0.29, 0.717) is 22.0 Å². The van der Waals surface area contributed by atoms with Crippen molar-refractivity contribution in [2.45, 2.75) is 12.8 Å². The fourth-order valence-corrected chi connectivity index (χ4v) is 8.26. The lowest BCUT2D eigenvalue weighted by molar-refractivity contribution is 1.00. The fourth-order valence-electron chi connectivity index (χ4n) is 7.14. The molecule has 1 aliphatic rings. The average molecular weight is 748 g/mol. The number of anilines is 3. The first kappa shape index (κ1) is 28.9. The molecule has 1 aliphatic carbocycles. The third kappa shape index (κ3) is 6.65. The Labute approximate surface area is 333 Å². The molecule has 0 radical (unpaired) electrons. The van der Waals surface area contributed by atoms with Crippen molar-refractivity contribution in [2.75, 3.05) is 4.90 Å². The van der Waals surface area contributed by atoms with Gasteiger partial charge in [-0.3, -0.25) is 0 Å². The largest absolute Gasteiger partial charge is 0.310 e. The molecule has 0 atom stereocenters. The third-order valence-electron chi connectivity index (χ3n) is 10.0. The fraction of sp³-hybridized carbons (Fsp3) is 0.0417. The van der Waals surface area contributed by atoms with Crippen LogP contribution in [0.15, 0.2) is 169 Å². The lowest BCUT2D eigenvalue weighted by Crippen LogP contribution is -2.09. The molecule has 55 heavy (non-hydrogen) atoms. The maximum Gasteiger partial charge on any atom is 0.147 e. The van der Waals surface area contributed by atoms with Crippen LogP contribution >= 0.6 is 22.7 Å². The van der Waals surface area contributed by atoms with Gasteiger partial charge in [0.15, 0.2) is 0 Å². The molecule has 0 saturated heterocycles. The van der Waals surface area contributed by atoms with Gasteiger partial charge in [0.25, 0.3) is 0 Å². The van der Waals surface area contributed by atoms with Crippen LogP contribution in [0.25, 0.3) is 65.8 Å². The molecule has 0 spiro atoms. The highest BCUT2D eigenvalue weighted by Gasteiger charge is 2.16. The Bertz CT molecular complexity index is 2880. The zero-order chi connectivity index (χ0) is 40.0. The highest BCUT2D eigenvalue weighted by molar-refractivity contribution is 7.13. The predicted octanol–water partition coefficient (Wildman–Crippen LogP) is 13.2. The number of aryl methyl sites for hydroxylation is 1. The number of fused-ring (bicyclic) bond motifs is 2. The molecule has 0 fully saturated rings. The van der Waals surface area contributed by atoms with Crippen LogP contribution in [0.3, 0.4) is 0 Å². The van der Waals surface area contributed by atoms with Crippen LogP contribution in [0.2, 0.25) is 0 Å². The van der Waals surface area contributed by atoms with E-state index in [0.717, 1.165) is 78.7 Å². The van der Waals surface area contributed by atoms with E-state index in [9.17, 15) is 5.48 Å². The topological polar surface area (TPSA) is 54.8 Å². The number of nitrogens with zero attached hydrogens (tertiary/aromatic N) is 5. The monoisotopic (exact) mass is 747 g/mol. The molecular formula is C48H33N5S2. The van der Waals surface area contributed by atoms with Crippen molar-refractivity contribution in [2.24, 2.45) is 0 Å². The molecule has 9 aromatic rings. The van der Waals surface area contributed by atoms with Crippen LogP contribution in [-0.2, 0) is 6.42 Å². The number of hydrogen-bond acceptors (Lipinski definition) is 7. The summed E-state index contributed by atoms with van der Waals surface area (Å²) in [6, 6.07) is 45.0. The van der Waals surface area contributed by atoms with Crippen molar-refractivity contribution < 1.29 is 5.48 Å². The summed E-state index contributed by atoms with van der Waals surface area (Å²) < 4.78 is 37.7. The molecule has 5 nitrogen and oxygen atoms in total. The van der Waals surface area contributed by atoms with Gasteiger partial charge in [-0.25, -0.2) is 0 Å². The maximum atomic E-state index is 9.67. The van der Waals surface area contributed by atoms with Crippen LogP contribution in [0, 0.1) is 0 Å². The molecule has 0 bridgehead atoms. The number of rotatable bonds is 8. The SMILES string of the molecule is [2H]c1cc(N(c2ccc(-c3ccc(-c4nncs4)cc3)cc2)c2ccc(-c3ccc(-c4nncs4)cc3)cc2)c([2H])c2c([2H])cc(C3=Cc4ccccc4CC3)c([2H])c12. The average Bonchev–Trinajstić information content (AvgIpc) is 4.03. The van der Waals surface area contributed by atoms with E-state index < -0.39 is 0 Å². The Balaban J connectivity index is 1.06. The van der Waals surface area contributed by atoms with E-state index in [1.807, 2.05) is 65.6 Å². The molecule has 7 heteroatoms. The molecule has 2 heterocycles. The summed E-state index contributed by atoms with van der Waals surface area (Å²) in [7, 11) is 0. The number of hydrogen-bond donors (Lipinski definition) is 0. The van der Waals surface area contributed by atoms with Gasteiger partial charge in [0.1, 0.15) is 21.0 Å². The lowest BCUT2D eigenvalue weighted by atomic mass is 9.88. The molecule has 0 amide bonds. The minimum Gasteiger partial charge on any atom is -0.310 e. The van der Waals surface area contributed by atoms with E-state index in [2.05, 4.69) is 87.1 Å². The van der Waals surface area contributed by atoms with Gasteiger partial charge in [-0.05, 0) is 111 Å². The van der Waals surface area contributed by atoms with Gasteiger partial charge < -0.3 is 4.90 Å². The molecular weight excluding hydrogens is 711 g/mol. The molecule has 0 N–H and O–H groups in total. The second-order valence-corrected chi connectivity index (χ2v) is 15.0. The van der Waals surface area contributed by atoms with E-state index in [4.69, 9.17) is 0 Å². The van der Waals surface area contributed by atoms with Crippen LogP contribution in [0.4, 0.5) is 17.1 Å². The summed E-state index contributed by atoms with van der Waals surface area (Å²) in [5, 5.41) is 18.7. The standard InChI is InChI=1S/C48H33N5S2/c1-2-4-39-27-40(14-9-32(39)3-1)41-15-16-43-29-46(26-21-42(43)28-41)53(44-22-17-35(18-23-44)33-5-10-37(11-6-33)47-51-49-30-54-47)45-24-19-36(20-25-45)34-7-12-38(13-8-34)48-52-50-31-55-48/h1-8,10-13,15-31H,9,14H2/i16D,21D,28D,29D. The van der Waals surface area contributed by atoms with Gasteiger partial charge in [-0.1, -0.05) is 144 Å². The zero-order valence-corrected chi connectivity index (χ0v) is 31.0. The molecule has 10 rings (SSSR count). The third-order valence-corrected chi connectivity index (χ3v) is 11.5. The quantitative estimate of drug-likeness (QED) is 0.155. The first-order chi connectivity index (χ1) is 28.9. The Hall–Kier alpha value is -6.54. The molecule has 2 aromatic heterocycles. The van der Waals surface area contributed by atoms with Crippen molar-refractivity contribution >= 4 is 62.2 Å². The molecule has 0 saturated carbocycles. The van der Waals surface area contributed by atoms with Crippen molar-refractivity contribution in [3.8, 4) is 43.4 Å². The summed E-state index contributed by atoms with van der Waals surface area (Å²) in [5.41, 5.74) is 15.7. The van der Waals surface area contributed by atoms with E-state index in [1.54, 1.807) is 23.2 Å². The highest BCUT2D eigenvalue weighted by Crippen LogP contribution is 2.39. The Kier molecular flexibility index (Phi) is 7.55. The van der Waals surface area contributed by atoms with Gasteiger partial charge in [-0.15, -0.1) is 20.4 Å². The van der Waals surface area contributed by atoms with Crippen molar-refractivity contribution in [3.63, 3.8) is 0 Å². The van der Waals surface area contributed by atoms with Crippen molar-refractivity contribution in [1.82, 2.24) is 20.4 Å². The lowest BCUT2D eigenvalue weighted by Gasteiger charge is -2.26. The summed E-state index contributed by atoms with van der Waals surface area (Å²) in [5.74, 6) is 0. The first-order valence-corrected chi connectivity index (χ1v) is 19.7. The van der Waals surface area contributed by atoms with Crippen LogP contribution in [0.5, 0.6) is 0 Å². The van der Waals surface area contributed by atoms with Gasteiger partial charge in [-0.2, -0.15) is 0 Å². The molecule has 262 valence electrons. The summed E-state index contributed by atoms with van der Waals surface area (Å²) >= 11 is 3.00. The van der Waals surface area contributed by atoms with Crippen LogP contribution in [0.1, 0.15) is 28.6 Å². The molecule has 0 aliphatic heterocycles. The Morgan fingerprint density at radius 1 is 0.473 bits per heavy atom. The smallest absolute Gasteiger partial charge is 0.147 e. The second-order valence-electron chi connectivity index (χ2n) is 13.3. The molecule has 0 unspecified atom stereocenters. The second kappa shape index (κ2) is 14.4. The normalized spacial score (nSPS) is 13.3. The molecule has 7 aromatic carbocycles. The van der Waals surface area contributed by atoms with Gasteiger partial charge in [0.2, 0.25) is 0 Å². The van der Waals surface area contributed by atoms with Crippen LogP contribution < -0.4 is 4.90 Å². The maximum absolute atomic E-state index is 9.67. The van der Waals surface area contributed by atoms with E-state index in [1.165, 1.54) is 28.2 Å². The number of aromatic nitrogens is 4. The summed E-state index contributed by atoms with van der Waals surface area (Å²) in [6.07, 6.45) is 3.69. The minimum absolute atomic E-state index is 0.0942. The number of benzene rings is 7. The van der Waals surface area contributed by atoms with Crippen LogP contribution in [-0.4, -0.2) is 20.4 Å². The van der Waals surface area contributed by atoms with E-state index in [-0.39, 0.29) is 24.2 Å². The minimum atomic E-state index is 0.0942. The highest BCUT2D eigenvalue weighted by atomic mass is 32.1. The predicted molar refractivity (Wildman–Crippen MR) is 230 cm³/mol. The van der Waals surface area contributed by atoms with Gasteiger partial charge in [0.05, 0.1) is 5.48 Å². The summed E-state index contributed by atoms with van der Waals surface area (Å²) in [4.78, 5) is 1.97. The zero-order valence-electron chi connectivity index (χ0n) is 33.4. The Morgan fingerprint density at radius 3 is 1.55 bits per heavy atom. The van der Waals surface area contributed by atoms with Crippen molar-refractivity contribution in [1.29, 1.82) is 0 Å². The Morgan fingerprint density at radius 2 is 0.982 bits per heavy atom. The summed E-state index contributed by atoms with van der Waals surface area (Å²) in [6.45, 7) is 0.